The molecule has 0 unspecified atom stereocenters. The molecule has 1 amide bonds. The minimum Gasteiger partial charge on any atom is -0.351 e. The Hall–Kier alpha value is -2.87. The number of rotatable bonds is 3. The SMILES string of the molecule is CC1=C(C(=O)Nc2ccccc2C(F)(F)F)[C@H](c2c(C)cc(C)cc2C)NC(=S)N1. The molecule has 2 aromatic carbocycles. The molecule has 0 saturated carbocycles. The van der Waals surface area contributed by atoms with Crippen molar-refractivity contribution in [2.45, 2.75) is 39.9 Å². The maximum Gasteiger partial charge on any atom is 0.418 e. The molecule has 1 atom stereocenters. The smallest absolute Gasteiger partial charge is 0.351 e. The van der Waals surface area contributed by atoms with Gasteiger partial charge in [0.15, 0.2) is 5.11 Å². The zero-order valence-electron chi connectivity index (χ0n) is 17.0. The number of thiocarbonyl (C=S) groups is 1. The normalized spacial score (nSPS) is 16.8. The van der Waals surface area contributed by atoms with Crippen LogP contribution >= 0.6 is 12.2 Å². The molecular weight excluding hydrogens is 411 g/mol. The Kier molecular flexibility index (Phi) is 5.90. The van der Waals surface area contributed by atoms with Gasteiger partial charge in [-0.25, -0.2) is 0 Å². The lowest BCUT2D eigenvalue weighted by Crippen LogP contribution is -2.46. The number of benzene rings is 2. The van der Waals surface area contributed by atoms with Crippen molar-refractivity contribution in [3.8, 4) is 0 Å². The predicted octanol–water partition coefficient (Wildman–Crippen LogP) is 5.06. The van der Waals surface area contributed by atoms with E-state index in [1.807, 2.05) is 32.9 Å². The molecule has 3 N–H and O–H groups in total. The molecule has 1 aliphatic rings. The third-order valence-corrected chi connectivity index (χ3v) is 5.24. The highest BCUT2D eigenvalue weighted by Gasteiger charge is 2.36. The monoisotopic (exact) mass is 433 g/mol. The number of para-hydroxylation sites is 1. The van der Waals surface area contributed by atoms with Gasteiger partial charge in [0.05, 0.1) is 22.9 Å². The summed E-state index contributed by atoms with van der Waals surface area (Å²) in [6.07, 6.45) is -4.58. The van der Waals surface area contributed by atoms with Gasteiger partial charge < -0.3 is 16.0 Å². The number of aryl methyl sites for hydroxylation is 3. The van der Waals surface area contributed by atoms with E-state index in [0.29, 0.717) is 10.8 Å². The van der Waals surface area contributed by atoms with Crippen LogP contribution in [0.2, 0.25) is 0 Å². The second kappa shape index (κ2) is 8.10. The number of anilines is 1. The van der Waals surface area contributed by atoms with Crippen molar-refractivity contribution < 1.29 is 18.0 Å². The molecule has 8 heteroatoms. The van der Waals surface area contributed by atoms with Crippen molar-refractivity contribution in [2.24, 2.45) is 0 Å². The van der Waals surface area contributed by atoms with Crippen molar-refractivity contribution in [3.05, 3.63) is 75.5 Å². The topological polar surface area (TPSA) is 53.2 Å². The molecule has 0 radical (unpaired) electrons. The lowest BCUT2D eigenvalue weighted by Gasteiger charge is -2.32. The Labute approximate surface area is 178 Å². The molecule has 0 spiro atoms. The van der Waals surface area contributed by atoms with Gasteiger partial charge in [-0.05, 0) is 68.7 Å². The zero-order chi connectivity index (χ0) is 22.2. The second-order valence-electron chi connectivity index (χ2n) is 7.38. The molecule has 0 aromatic heterocycles. The average Bonchev–Trinajstić information content (AvgIpc) is 2.59. The van der Waals surface area contributed by atoms with Crippen LogP contribution in [0.3, 0.4) is 0 Å². The highest BCUT2D eigenvalue weighted by atomic mass is 32.1. The van der Waals surface area contributed by atoms with Crippen LogP contribution in [0.5, 0.6) is 0 Å². The number of hydrogen-bond donors (Lipinski definition) is 3. The number of alkyl halides is 3. The second-order valence-corrected chi connectivity index (χ2v) is 7.79. The number of nitrogens with one attached hydrogen (secondary N) is 3. The van der Waals surface area contributed by atoms with Gasteiger partial charge in [-0.3, -0.25) is 4.79 Å². The summed E-state index contributed by atoms with van der Waals surface area (Å²) in [5.41, 5.74) is 3.46. The first kappa shape index (κ1) is 21.8. The van der Waals surface area contributed by atoms with E-state index in [1.165, 1.54) is 18.2 Å². The van der Waals surface area contributed by atoms with Crippen LogP contribution in [0.4, 0.5) is 18.9 Å². The molecule has 0 bridgehead atoms. The molecular formula is C22H22F3N3OS. The summed E-state index contributed by atoms with van der Waals surface area (Å²) in [4.78, 5) is 13.2. The highest BCUT2D eigenvalue weighted by molar-refractivity contribution is 7.80. The highest BCUT2D eigenvalue weighted by Crippen LogP contribution is 2.36. The van der Waals surface area contributed by atoms with E-state index in [0.717, 1.165) is 28.3 Å². The number of hydrogen-bond acceptors (Lipinski definition) is 2. The molecule has 4 nitrogen and oxygen atoms in total. The van der Waals surface area contributed by atoms with Crippen LogP contribution in [0.25, 0.3) is 0 Å². The standard InChI is InChI=1S/C22H22F3N3OS/c1-11-9-12(2)17(13(3)10-11)19-18(14(4)26-21(30)28-19)20(29)27-16-8-6-5-7-15(16)22(23,24)25/h5-10,19H,1-4H3,(H,27,29)(H2,26,28,30)/t19-/m0/s1. The van der Waals surface area contributed by atoms with Gasteiger partial charge in [0.2, 0.25) is 0 Å². The summed E-state index contributed by atoms with van der Waals surface area (Å²) >= 11 is 5.27. The fourth-order valence-electron chi connectivity index (χ4n) is 3.89. The molecule has 0 aliphatic carbocycles. The molecule has 0 saturated heterocycles. The summed E-state index contributed by atoms with van der Waals surface area (Å²) < 4.78 is 40.0. The Morgan fingerprint density at radius 3 is 2.27 bits per heavy atom. The minimum atomic E-state index is -4.58. The molecule has 3 rings (SSSR count). The van der Waals surface area contributed by atoms with Crippen molar-refractivity contribution in [1.29, 1.82) is 0 Å². The Morgan fingerprint density at radius 1 is 1.07 bits per heavy atom. The maximum atomic E-state index is 13.3. The van der Waals surface area contributed by atoms with E-state index in [-0.39, 0.29) is 11.3 Å². The van der Waals surface area contributed by atoms with Crippen molar-refractivity contribution in [3.63, 3.8) is 0 Å². The third kappa shape index (κ3) is 4.33. The first-order chi connectivity index (χ1) is 14.0. The average molecular weight is 433 g/mol. The largest absolute Gasteiger partial charge is 0.418 e. The van der Waals surface area contributed by atoms with E-state index >= 15 is 0 Å². The zero-order valence-corrected chi connectivity index (χ0v) is 17.8. The number of halogens is 3. The number of carbonyl (C=O) groups is 1. The van der Waals surface area contributed by atoms with E-state index in [9.17, 15) is 18.0 Å². The van der Waals surface area contributed by atoms with Gasteiger partial charge in [-0.1, -0.05) is 29.8 Å². The minimum absolute atomic E-state index is 0.288. The summed E-state index contributed by atoms with van der Waals surface area (Å²) in [5, 5.41) is 8.81. The fraction of sp³-hybridized carbons (Fsp3) is 0.273. The summed E-state index contributed by atoms with van der Waals surface area (Å²) in [6.45, 7) is 7.54. The van der Waals surface area contributed by atoms with Crippen molar-refractivity contribution >= 4 is 28.9 Å². The molecule has 1 aliphatic heterocycles. The van der Waals surface area contributed by atoms with E-state index in [1.54, 1.807) is 6.92 Å². The number of allylic oxidation sites excluding steroid dienone is 1. The summed E-state index contributed by atoms with van der Waals surface area (Å²) in [7, 11) is 0. The Morgan fingerprint density at radius 2 is 1.67 bits per heavy atom. The van der Waals surface area contributed by atoms with Gasteiger partial charge in [-0.15, -0.1) is 0 Å². The first-order valence-corrected chi connectivity index (χ1v) is 9.73. The lowest BCUT2D eigenvalue weighted by atomic mass is 9.87. The molecule has 1 heterocycles. The third-order valence-electron chi connectivity index (χ3n) is 5.02. The molecule has 158 valence electrons. The molecule has 30 heavy (non-hydrogen) atoms. The first-order valence-electron chi connectivity index (χ1n) is 9.32. The quantitative estimate of drug-likeness (QED) is 0.592. The van der Waals surface area contributed by atoms with Crippen molar-refractivity contribution in [2.75, 3.05) is 5.32 Å². The lowest BCUT2D eigenvalue weighted by molar-refractivity contribution is -0.137. The Bertz CT molecular complexity index is 1040. The predicted molar refractivity (Wildman–Crippen MR) is 115 cm³/mol. The molecule has 0 fully saturated rings. The van der Waals surface area contributed by atoms with Gasteiger partial charge in [-0.2, -0.15) is 13.2 Å². The van der Waals surface area contributed by atoms with Crippen LogP contribution < -0.4 is 16.0 Å². The van der Waals surface area contributed by atoms with Crippen LogP contribution in [-0.2, 0) is 11.0 Å². The van der Waals surface area contributed by atoms with Crippen LogP contribution in [0, 0.1) is 20.8 Å². The number of amides is 1. The maximum absolute atomic E-state index is 13.3. The summed E-state index contributed by atoms with van der Waals surface area (Å²) in [6, 6.07) is 8.32. The van der Waals surface area contributed by atoms with E-state index in [4.69, 9.17) is 12.2 Å². The van der Waals surface area contributed by atoms with Gasteiger partial charge in [0.1, 0.15) is 0 Å². The number of carbonyl (C=O) groups excluding carboxylic acids is 1. The van der Waals surface area contributed by atoms with Crippen LogP contribution in [0.15, 0.2) is 47.7 Å². The van der Waals surface area contributed by atoms with Gasteiger partial charge in [0.25, 0.3) is 5.91 Å². The van der Waals surface area contributed by atoms with Gasteiger partial charge >= 0.3 is 6.18 Å². The van der Waals surface area contributed by atoms with Gasteiger partial charge in [0, 0.05) is 5.70 Å². The van der Waals surface area contributed by atoms with Crippen LogP contribution in [0.1, 0.15) is 40.8 Å². The van der Waals surface area contributed by atoms with E-state index in [2.05, 4.69) is 16.0 Å². The van der Waals surface area contributed by atoms with Crippen molar-refractivity contribution in [1.82, 2.24) is 10.6 Å². The fourth-order valence-corrected chi connectivity index (χ4v) is 4.16. The Balaban J connectivity index is 2.06. The van der Waals surface area contributed by atoms with Crippen LogP contribution in [-0.4, -0.2) is 11.0 Å². The summed E-state index contributed by atoms with van der Waals surface area (Å²) in [5.74, 6) is -0.629. The molecule has 2 aromatic rings. The van der Waals surface area contributed by atoms with E-state index < -0.39 is 23.7 Å².